The zero-order valence-electron chi connectivity index (χ0n) is 48.0. The summed E-state index contributed by atoms with van der Waals surface area (Å²) in [5, 5.41) is 4.94. The lowest BCUT2D eigenvalue weighted by Crippen LogP contribution is -2.28. The van der Waals surface area contributed by atoms with E-state index in [0.29, 0.717) is 17.5 Å². The van der Waals surface area contributed by atoms with Gasteiger partial charge in [0.25, 0.3) is 0 Å². The van der Waals surface area contributed by atoms with Crippen LogP contribution in [0.4, 0.5) is 0 Å². The van der Waals surface area contributed by atoms with Gasteiger partial charge in [-0.15, -0.1) is 0 Å². The summed E-state index contributed by atoms with van der Waals surface area (Å²) in [6.45, 7) is 4.78. The fourth-order valence-corrected chi connectivity index (χ4v) is 15.3. The second kappa shape index (κ2) is 18.7. The van der Waals surface area contributed by atoms with Crippen LogP contribution in [-0.2, 0) is 10.8 Å². The van der Waals surface area contributed by atoms with Gasteiger partial charge in [0.1, 0.15) is 0 Å². The van der Waals surface area contributed by atoms with Crippen LogP contribution < -0.4 is 0 Å². The van der Waals surface area contributed by atoms with E-state index < -0.39 is 5.41 Å². The number of hydrogen-bond acceptors (Lipinski definition) is 3. The predicted octanol–water partition coefficient (Wildman–Crippen LogP) is 20.8. The van der Waals surface area contributed by atoms with E-state index in [9.17, 15) is 0 Å². The fourth-order valence-electron chi connectivity index (χ4n) is 15.3. The first-order valence-electron chi connectivity index (χ1n) is 30.2. The molecule has 15 aromatic rings. The maximum absolute atomic E-state index is 5.47. The number of para-hydroxylation sites is 2. The molecule has 87 heavy (non-hydrogen) atoms. The molecule has 0 radical (unpaired) electrons. The summed E-state index contributed by atoms with van der Waals surface area (Å²) >= 11 is 0. The molecule has 4 nitrogen and oxygen atoms in total. The van der Waals surface area contributed by atoms with Crippen LogP contribution in [0.1, 0.15) is 47.2 Å². The summed E-state index contributed by atoms with van der Waals surface area (Å²) < 4.78 is 2.59. The van der Waals surface area contributed by atoms with E-state index in [1.807, 2.05) is 0 Å². The second-order valence-electron chi connectivity index (χ2n) is 24.2. The number of benzene rings is 13. The van der Waals surface area contributed by atoms with E-state index in [-0.39, 0.29) is 5.41 Å². The van der Waals surface area contributed by atoms with E-state index >= 15 is 0 Å². The van der Waals surface area contributed by atoms with Crippen molar-refractivity contribution < 1.29 is 0 Å². The van der Waals surface area contributed by atoms with Crippen molar-refractivity contribution in [1.29, 1.82) is 0 Å². The highest BCUT2D eigenvalue weighted by atomic mass is 15.0. The zero-order valence-corrected chi connectivity index (χ0v) is 48.0. The molecule has 1 aliphatic heterocycles. The highest BCUT2D eigenvalue weighted by Gasteiger charge is 2.46. The average Bonchev–Trinajstić information content (AvgIpc) is 1.56. The zero-order chi connectivity index (χ0) is 57.5. The van der Waals surface area contributed by atoms with Gasteiger partial charge >= 0.3 is 0 Å². The molecular weight excluding hydrogens is 1050 g/mol. The van der Waals surface area contributed by atoms with Crippen molar-refractivity contribution in [2.45, 2.75) is 24.7 Å². The Morgan fingerprint density at radius 3 is 1.46 bits per heavy atom. The molecule has 13 aromatic carbocycles. The maximum Gasteiger partial charge on any atom is 0.164 e. The van der Waals surface area contributed by atoms with Gasteiger partial charge in [0, 0.05) is 49.6 Å². The van der Waals surface area contributed by atoms with Crippen LogP contribution in [-0.4, -0.2) is 19.5 Å². The number of rotatable bonds is 8. The Labute approximate surface area is 505 Å². The van der Waals surface area contributed by atoms with Gasteiger partial charge in [-0.2, -0.15) is 0 Å². The fraction of sp³-hybridized carbons (Fsp3) is 0.0482. The SMILES string of the molecule is CC1(C)c2cccc3c2-c2c1ccc1c4cccc(-c5cccc(-c6cccc(-c7nc(-c8cccc(-c9ccc%10ccccc%10c9)c8)nc(-c8ccc9c(c8)-c8ccccc8C9(c8ccccc8)c8ccccc8)n7)c6)c5)c4n(c21)-c1ccccc1-3. The quantitative estimate of drug-likeness (QED) is 0.152. The molecule has 4 heteroatoms. The van der Waals surface area contributed by atoms with Crippen molar-refractivity contribution in [1.82, 2.24) is 19.5 Å². The average molecular weight is 1110 g/mol. The molecule has 0 N–H and O–H groups in total. The van der Waals surface area contributed by atoms with Crippen molar-refractivity contribution in [2.75, 3.05) is 0 Å². The van der Waals surface area contributed by atoms with Gasteiger partial charge in [0.2, 0.25) is 0 Å². The van der Waals surface area contributed by atoms with Gasteiger partial charge in [-0.05, 0) is 131 Å². The first-order valence-corrected chi connectivity index (χ1v) is 30.2. The minimum absolute atomic E-state index is 0.129. The van der Waals surface area contributed by atoms with E-state index in [4.69, 9.17) is 15.0 Å². The third kappa shape index (κ3) is 7.22. The third-order valence-electron chi connectivity index (χ3n) is 19.2. The molecule has 3 aliphatic rings. The highest BCUT2D eigenvalue weighted by Crippen LogP contribution is 2.60. The Kier molecular flexibility index (Phi) is 10.6. The predicted molar refractivity (Wildman–Crippen MR) is 358 cm³/mol. The molecule has 2 aliphatic carbocycles. The van der Waals surface area contributed by atoms with Gasteiger partial charge in [0.05, 0.1) is 22.1 Å². The van der Waals surface area contributed by atoms with Crippen LogP contribution in [0, 0.1) is 0 Å². The third-order valence-corrected chi connectivity index (χ3v) is 19.2. The Bertz CT molecular complexity index is 5340. The first-order chi connectivity index (χ1) is 42.9. The van der Waals surface area contributed by atoms with Crippen molar-refractivity contribution in [3.05, 3.63) is 325 Å². The molecule has 406 valence electrons. The van der Waals surface area contributed by atoms with Crippen molar-refractivity contribution in [3.8, 4) is 107 Å². The van der Waals surface area contributed by atoms with Gasteiger partial charge in [-0.3, -0.25) is 0 Å². The van der Waals surface area contributed by atoms with Gasteiger partial charge in [0.15, 0.2) is 17.5 Å². The Balaban J connectivity index is 0.794. The van der Waals surface area contributed by atoms with Gasteiger partial charge in [-0.25, -0.2) is 15.0 Å². The molecule has 0 fully saturated rings. The Morgan fingerprint density at radius 1 is 0.276 bits per heavy atom. The van der Waals surface area contributed by atoms with E-state index in [1.54, 1.807) is 0 Å². The highest BCUT2D eigenvalue weighted by molar-refractivity contribution is 6.21. The van der Waals surface area contributed by atoms with Crippen LogP contribution >= 0.6 is 0 Å². The standard InChI is InChI=1S/C83H54N4/c1-82(2)72-38-19-35-66-65-33-12-14-39-74(65)87-77-63(34-18-36-67(77)68-43-45-73(82)76(75(66)72)78(68)87)57-25-15-22-53(47-57)54-23-16-26-58(48-54)79-84-80(59-27-17-24-55(49-59)56-41-40-51-20-9-10-21-52(51)46-56)86-81(85-79)60-42-44-71-69(50-60)64-32-11-13-37-70(64)83(71,61-28-5-3-6-29-61)62-30-7-4-8-31-62/h3-50H,1-2H3. The Morgan fingerprint density at radius 2 is 0.747 bits per heavy atom. The molecule has 0 saturated heterocycles. The lowest BCUT2D eigenvalue weighted by molar-refractivity contribution is 0.661. The van der Waals surface area contributed by atoms with Crippen LogP contribution in [0.25, 0.3) is 139 Å². The summed E-state index contributed by atoms with van der Waals surface area (Å²) in [4.78, 5) is 16.3. The topological polar surface area (TPSA) is 43.6 Å². The number of fused-ring (bicyclic) bond motifs is 10. The molecule has 0 spiro atoms. The summed E-state index contributed by atoms with van der Waals surface area (Å²) in [6, 6.07) is 107. The van der Waals surface area contributed by atoms with Crippen molar-refractivity contribution in [3.63, 3.8) is 0 Å². The van der Waals surface area contributed by atoms with E-state index in [1.165, 1.54) is 111 Å². The minimum Gasteiger partial charge on any atom is -0.307 e. The van der Waals surface area contributed by atoms with Gasteiger partial charge < -0.3 is 4.57 Å². The summed E-state index contributed by atoms with van der Waals surface area (Å²) in [5.41, 5.74) is 27.9. The molecule has 3 heterocycles. The largest absolute Gasteiger partial charge is 0.307 e. The van der Waals surface area contributed by atoms with Crippen molar-refractivity contribution in [2.24, 2.45) is 0 Å². The summed E-state index contributed by atoms with van der Waals surface area (Å²) in [5.74, 6) is 1.82. The number of hydrogen-bond donors (Lipinski definition) is 0. The van der Waals surface area contributed by atoms with Crippen molar-refractivity contribution >= 4 is 32.6 Å². The summed E-state index contributed by atoms with van der Waals surface area (Å²) in [7, 11) is 0. The smallest absolute Gasteiger partial charge is 0.164 e. The number of aromatic nitrogens is 4. The lowest BCUT2D eigenvalue weighted by atomic mass is 9.67. The van der Waals surface area contributed by atoms with Crippen LogP contribution in [0.15, 0.2) is 291 Å². The lowest BCUT2D eigenvalue weighted by Gasteiger charge is -2.33. The maximum atomic E-state index is 5.47. The molecule has 0 bridgehead atoms. The van der Waals surface area contributed by atoms with Crippen LogP contribution in [0.2, 0.25) is 0 Å². The van der Waals surface area contributed by atoms with E-state index in [0.717, 1.165) is 44.5 Å². The molecule has 0 atom stereocenters. The Hall–Kier alpha value is -11.1. The normalized spacial score (nSPS) is 13.6. The number of nitrogens with zero attached hydrogens (tertiary/aromatic N) is 4. The van der Waals surface area contributed by atoms with Gasteiger partial charge in [-0.1, -0.05) is 269 Å². The molecule has 0 saturated carbocycles. The van der Waals surface area contributed by atoms with Crippen LogP contribution in [0.3, 0.4) is 0 Å². The molecule has 2 aromatic heterocycles. The van der Waals surface area contributed by atoms with Crippen LogP contribution in [0.5, 0.6) is 0 Å². The van der Waals surface area contributed by atoms with E-state index in [2.05, 4.69) is 310 Å². The molecule has 0 unspecified atom stereocenters. The monoisotopic (exact) mass is 1110 g/mol. The minimum atomic E-state index is -0.526. The molecule has 18 rings (SSSR count). The molecular formula is C83H54N4. The second-order valence-corrected chi connectivity index (χ2v) is 24.2. The summed E-state index contributed by atoms with van der Waals surface area (Å²) in [6.07, 6.45) is 0. The first kappa shape index (κ1) is 49.4. The molecule has 0 amide bonds.